The Morgan fingerprint density at radius 2 is 2.12 bits per heavy atom. The molecule has 1 saturated carbocycles. The second-order valence-electron chi connectivity index (χ2n) is 6.82. The van der Waals surface area contributed by atoms with E-state index in [4.69, 9.17) is 4.74 Å². The number of aromatic nitrogens is 1. The summed E-state index contributed by atoms with van der Waals surface area (Å²) in [4.78, 5) is 18.3. The Morgan fingerprint density at radius 1 is 1.35 bits per heavy atom. The number of hydrogen-bond donors (Lipinski definition) is 1. The van der Waals surface area contributed by atoms with E-state index in [9.17, 15) is 9.90 Å². The molecule has 4 rings (SSSR count). The summed E-state index contributed by atoms with van der Waals surface area (Å²) in [5.74, 6) is 0.170. The van der Waals surface area contributed by atoms with E-state index in [1.165, 1.54) is 16.9 Å². The second-order valence-corrected chi connectivity index (χ2v) is 7.61. The van der Waals surface area contributed by atoms with E-state index in [1.807, 2.05) is 17.0 Å². The van der Waals surface area contributed by atoms with Crippen molar-refractivity contribution in [2.24, 2.45) is 0 Å². The average molecular weight is 446 g/mol. The minimum Gasteiger partial charge on any atom is -0.554 e. The molecule has 7 heteroatoms. The molecule has 1 saturated heterocycles. The van der Waals surface area contributed by atoms with Crippen molar-refractivity contribution >= 4 is 22.9 Å². The Balaban J connectivity index is 0.00000196. The predicted molar refractivity (Wildman–Crippen MR) is 96.0 cm³/mol. The third-order valence-corrected chi connectivity index (χ3v) is 5.91. The van der Waals surface area contributed by atoms with Crippen molar-refractivity contribution in [2.45, 2.75) is 43.6 Å². The van der Waals surface area contributed by atoms with Gasteiger partial charge in [-0.2, -0.15) is 5.38 Å². The SMILES string of the molecule is O=C1CC[C@@H](CCOc2nc[c-]s2)N1c1ccc(C2(CO)CC2)cc1.[Y]. The molecule has 0 unspecified atom stereocenters. The van der Waals surface area contributed by atoms with Crippen LogP contribution in [0.4, 0.5) is 5.69 Å². The van der Waals surface area contributed by atoms with Crippen LogP contribution in [0.1, 0.15) is 37.7 Å². The summed E-state index contributed by atoms with van der Waals surface area (Å²) in [5, 5.41) is 13.1. The molecule has 0 bridgehead atoms. The predicted octanol–water partition coefficient (Wildman–Crippen LogP) is 2.93. The molecule has 1 aliphatic carbocycles. The second kappa shape index (κ2) is 8.47. The fourth-order valence-electron chi connectivity index (χ4n) is 3.57. The van der Waals surface area contributed by atoms with Gasteiger partial charge in [0.1, 0.15) is 5.19 Å². The molecule has 2 aromatic rings. The summed E-state index contributed by atoms with van der Waals surface area (Å²) in [7, 11) is 0. The van der Waals surface area contributed by atoms with Crippen LogP contribution >= 0.6 is 11.3 Å². The summed E-state index contributed by atoms with van der Waals surface area (Å²) in [6, 6.07) is 8.30. The molecule has 2 heterocycles. The molecule has 1 amide bonds. The molecular weight excluding hydrogens is 425 g/mol. The van der Waals surface area contributed by atoms with E-state index in [0.717, 1.165) is 31.4 Å². The van der Waals surface area contributed by atoms with E-state index in [2.05, 4.69) is 22.5 Å². The fourth-order valence-corrected chi connectivity index (χ4v) is 4.02. The zero-order valence-corrected chi connectivity index (χ0v) is 18.2. The third kappa shape index (κ3) is 4.03. The molecule has 2 fully saturated rings. The Kier molecular flexibility index (Phi) is 6.49. The van der Waals surface area contributed by atoms with Gasteiger partial charge in [0, 0.05) is 62.7 Å². The van der Waals surface area contributed by atoms with Crippen molar-refractivity contribution in [3.8, 4) is 5.19 Å². The van der Waals surface area contributed by atoms with Gasteiger partial charge in [-0.25, -0.2) is 0 Å². The molecule has 1 radical (unpaired) electrons. The Morgan fingerprint density at radius 3 is 2.73 bits per heavy atom. The van der Waals surface area contributed by atoms with E-state index < -0.39 is 0 Å². The van der Waals surface area contributed by atoms with Crippen molar-refractivity contribution in [3.63, 3.8) is 0 Å². The maximum Gasteiger partial charge on any atom is 0.227 e. The number of aliphatic hydroxyl groups is 1. The Bertz CT molecular complexity index is 732. The first-order valence-corrected chi connectivity index (χ1v) is 9.52. The monoisotopic (exact) mass is 446 g/mol. The van der Waals surface area contributed by atoms with E-state index in [1.54, 1.807) is 6.20 Å². The average Bonchev–Trinajstić information content (AvgIpc) is 3.10. The van der Waals surface area contributed by atoms with Gasteiger partial charge in [0.25, 0.3) is 0 Å². The number of carbonyl (C=O) groups is 1. The Hall–Kier alpha value is -0.816. The van der Waals surface area contributed by atoms with Gasteiger partial charge in [-0.15, -0.1) is 0 Å². The van der Waals surface area contributed by atoms with Crippen LogP contribution in [0.5, 0.6) is 5.19 Å². The number of benzene rings is 1. The number of thiazole rings is 1. The molecule has 26 heavy (non-hydrogen) atoms. The topological polar surface area (TPSA) is 62.7 Å². The van der Waals surface area contributed by atoms with Crippen LogP contribution in [0.25, 0.3) is 0 Å². The largest absolute Gasteiger partial charge is 0.554 e. The molecule has 5 nitrogen and oxygen atoms in total. The van der Waals surface area contributed by atoms with Gasteiger partial charge in [-0.1, -0.05) is 18.3 Å². The third-order valence-electron chi connectivity index (χ3n) is 5.28. The smallest absolute Gasteiger partial charge is 0.227 e. The number of aliphatic hydroxyl groups excluding tert-OH is 1. The maximum absolute atomic E-state index is 12.4. The first kappa shape index (κ1) is 19.9. The minimum atomic E-state index is -0.0362. The van der Waals surface area contributed by atoms with Crippen LogP contribution in [0.2, 0.25) is 0 Å². The molecule has 1 atom stereocenters. The molecule has 2 aliphatic rings. The van der Waals surface area contributed by atoms with Gasteiger partial charge in [0.15, 0.2) is 0 Å². The number of rotatable bonds is 7. The van der Waals surface area contributed by atoms with E-state index in [-0.39, 0.29) is 56.7 Å². The summed E-state index contributed by atoms with van der Waals surface area (Å²) in [5.41, 5.74) is 2.07. The molecule has 1 aromatic carbocycles. The van der Waals surface area contributed by atoms with Gasteiger partial charge in [0.05, 0.1) is 13.2 Å². The van der Waals surface area contributed by atoms with Gasteiger partial charge < -0.3 is 19.7 Å². The van der Waals surface area contributed by atoms with Crippen LogP contribution in [0.15, 0.2) is 30.5 Å². The number of carbonyl (C=O) groups excluding carboxylic acids is 1. The number of hydrogen-bond acceptors (Lipinski definition) is 5. The van der Waals surface area contributed by atoms with Crippen molar-refractivity contribution in [1.29, 1.82) is 0 Å². The number of ether oxygens (including phenoxy) is 1. The molecule has 1 N–H and O–H groups in total. The van der Waals surface area contributed by atoms with Crippen LogP contribution in [-0.2, 0) is 42.9 Å². The standard InChI is InChI=1S/C19H21N2O3S.Y/c22-13-19(8-9-19)14-1-3-15(4-2-14)21-16(5-6-17(21)23)7-11-24-18-20-10-12-25-18;/h1-4,10,16,22H,5-9,11,13H2;/q-1;/t16-;/m0./s1. The van der Waals surface area contributed by atoms with Crippen molar-refractivity contribution in [2.75, 3.05) is 18.1 Å². The van der Waals surface area contributed by atoms with E-state index >= 15 is 0 Å². The van der Waals surface area contributed by atoms with Crippen molar-refractivity contribution in [3.05, 3.63) is 41.4 Å². The summed E-state index contributed by atoms with van der Waals surface area (Å²) < 4.78 is 5.62. The number of amides is 1. The van der Waals surface area contributed by atoms with Crippen LogP contribution in [0.3, 0.4) is 0 Å². The number of nitrogens with zero attached hydrogens (tertiary/aromatic N) is 2. The molecule has 135 valence electrons. The van der Waals surface area contributed by atoms with Gasteiger partial charge in [0.2, 0.25) is 5.91 Å². The normalized spacial score (nSPS) is 20.7. The van der Waals surface area contributed by atoms with Crippen molar-refractivity contribution in [1.82, 2.24) is 4.98 Å². The maximum atomic E-state index is 12.4. The van der Waals surface area contributed by atoms with Gasteiger partial charge >= 0.3 is 0 Å². The van der Waals surface area contributed by atoms with Gasteiger partial charge in [-0.3, -0.25) is 16.1 Å². The minimum absolute atomic E-state index is 0. The molecule has 1 aromatic heterocycles. The molecular formula is C19H21N2O3SY-. The number of anilines is 1. The van der Waals surface area contributed by atoms with Crippen LogP contribution in [0, 0.1) is 5.38 Å². The molecule has 1 aliphatic heterocycles. The summed E-state index contributed by atoms with van der Waals surface area (Å²) in [6.45, 7) is 0.741. The van der Waals surface area contributed by atoms with Crippen LogP contribution in [-0.4, -0.2) is 35.3 Å². The zero-order valence-electron chi connectivity index (χ0n) is 14.6. The summed E-state index contributed by atoms with van der Waals surface area (Å²) in [6.07, 6.45) is 5.91. The zero-order chi connectivity index (χ0) is 17.3. The fraction of sp³-hybridized carbons (Fsp3) is 0.474. The Labute approximate surface area is 182 Å². The van der Waals surface area contributed by atoms with Gasteiger partial charge in [-0.05, 0) is 37.0 Å². The van der Waals surface area contributed by atoms with Crippen LogP contribution < -0.4 is 9.64 Å². The first-order valence-electron chi connectivity index (χ1n) is 8.70. The van der Waals surface area contributed by atoms with Crippen molar-refractivity contribution < 1.29 is 47.3 Å². The van der Waals surface area contributed by atoms with E-state index in [0.29, 0.717) is 18.2 Å². The summed E-state index contributed by atoms with van der Waals surface area (Å²) >= 11 is 1.36. The first-order chi connectivity index (χ1) is 12.2. The quantitative estimate of drug-likeness (QED) is 0.665. The molecule has 0 spiro atoms.